The van der Waals surface area contributed by atoms with E-state index in [4.69, 9.17) is 11.6 Å². The molecule has 1 heterocycles. The van der Waals surface area contributed by atoms with Gasteiger partial charge < -0.3 is 0 Å². The first-order valence-corrected chi connectivity index (χ1v) is 9.25. The first kappa shape index (κ1) is 16.3. The third-order valence-corrected chi connectivity index (χ3v) is 5.21. The molecular weight excluding hydrogens is 338 g/mol. The normalized spacial score (nSPS) is 15.8. The number of aryl methyl sites for hydroxylation is 2. The number of halogens is 2. The minimum Gasteiger partial charge on any atom is -0.294 e. The molecule has 0 radical (unpaired) electrons. The van der Waals surface area contributed by atoms with Crippen LogP contribution in [-0.4, -0.2) is 32.6 Å². The molecule has 0 N–H and O–H groups in total. The zero-order valence-corrected chi connectivity index (χ0v) is 14.9. The van der Waals surface area contributed by atoms with Crippen LogP contribution in [0.4, 0.5) is 0 Å². The van der Waals surface area contributed by atoms with Crippen LogP contribution in [0.3, 0.4) is 0 Å². The molecule has 0 aliphatic heterocycles. The third-order valence-electron chi connectivity index (χ3n) is 4.22. The van der Waals surface area contributed by atoms with E-state index in [0.717, 1.165) is 48.1 Å². The number of hydrogen-bond acceptors (Lipinski definition) is 2. The van der Waals surface area contributed by atoms with Crippen molar-refractivity contribution in [3.8, 4) is 0 Å². The van der Waals surface area contributed by atoms with Crippen molar-refractivity contribution in [3.63, 3.8) is 0 Å². The van der Waals surface area contributed by atoms with Crippen LogP contribution in [0.2, 0.25) is 5.02 Å². The molecule has 3 nitrogen and oxygen atoms in total. The summed E-state index contributed by atoms with van der Waals surface area (Å²) in [6, 6.07) is 0.746. The maximum atomic E-state index is 6.53. The zero-order valence-electron chi connectivity index (χ0n) is 12.5. The Balaban J connectivity index is 2.14. The highest BCUT2D eigenvalue weighted by Crippen LogP contribution is 2.29. The van der Waals surface area contributed by atoms with Crippen LogP contribution < -0.4 is 0 Å². The Hall–Kier alpha value is -0.0600. The van der Waals surface area contributed by atoms with Crippen LogP contribution in [-0.2, 0) is 19.5 Å². The fourth-order valence-corrected chi connectivity index (χ4v) is 3.35. The Kier molecular flexibility index (Phi) is 6.37. The molecule has 2 rings (SSSR count). The lowest BCUT2D eigenvalue weighted by atomic mass is 9.91. The highest BCUT2D eigenvalue weighted by atomic mass is 79.9. The van der Waals surface area contributed by atoms with E-state index in [2.05, 4.69) is 44.5 Å². The van der Waals surface area contributed by atoms with Gasteiger partial charge in [0, 0.05) is 24.5 Å². The lowest BCUT2D eigenvalue weighted by Crippen LogP contribution is -2.40. The molecule has 0 bridgehead atoms. The smallest absolute Gasteiger partial charge is 0.0863 e. The van der Waals surface area contributed by atoms with Gasteiger partial charge in [-0.3, -0.25) is 9.58 Å². The second-order valence-corrected chi connectivity index (χ2v) is 6.65. The lowest BCUT2D eigenvalue weighted by Gasteiger charge is -2.37. The first-order chi connectivity index (χ1) is 9.71. The van der Waals surface area contributed by atoms with Gasteiger partial charge in [0.1, 0.15) is 0 Å². The number of hydrogen-bond donors (Lipinski definition) is 0. The minimum atomic E-state index is 0.746. The van der Waals surface area contributed by atoms with E-state index in [9.17, 15) is 0 Å². The van der Waals surface area contributed by atoms with Crippen molar-refractivity contribution in [2.24, 2.45) is 0 Å². The maximum absolute atomic E-state index is 6.53. The van der Waals surface area contributed by atoms with E-state index in [-0.39, 0.29) is 0 Å². The van der Waals surface area contributed by atoms with Crippen molar-refractivity contribution < 1.29 is 0 Å². The van der Waals surface area contributed by atoms with Crippen LogP contribution in [0.5, 0.6) is 0 Å². The van der Waals surface area contributed by atoms with Gasteiger partial charge in [0.15, 0.2) is 0 Å². The molecule has 0 spiro atoms. The maximum Gasteiger partial charge on any atom is 0.0863 e. The number of alkyl halides is 1. The van der Waals surface area contributed by atoms with Crippen molar-refractivity contribution in [2.75, 3.05) is 11.9 Å². The SMILES string of the molecule is CCc1nn(CC)c(CN(CCCBr)C2CCC2)c1Cl. The molecule has 0 unspecified atom stereocenters. The Morgan fingerprint density at radius 1 is 1.40 bits per heavy atom. The molecule has 1 aliphatic rings. The summed E-state index contributed by atoms with van der Waals surface area (Å²) in [7, 11) is 0. The molecule has 20 heavy (non-hydrogen) atoms. The number of nitrogens with zero attached hydrogens (tertiary/aromatic N) is 3. The molecule has 5 heteroatoms. The van der Waals surface area contributed by atoms with Gasteiger partial charge in [0.2, 0.25) is 0 Å². The van der Waals surface area contributed by atoms with Crippen LogP contribution >= 0.6 is 27.5 Å². The first-order valence-electron chi connectivity index (χ1n) is 7.75. The molecule has 0 aromatic carbocycles. The summed E-state index contributed by atoms with van der Waals surface area (Å²) in [5, 5.41) is 6.59. The zero-order chi connectivity index (χ0) is 14.5. The molecule has 1 saturated carbocycles. The predicted molar refractivity (Wildman–Crippen MR) is 88.7 cm³/mol. The molecule has 1 aromatic rings. The average molecular weight is 363 g/mol. The summed E-state index contributed by atoms with van der Waals surface area (Å²) in [6.07, 6.45) is 6.14. The summed E-state index contributed by atoms with van der Waals surface area (Å²) >= 11 is 10.1. The van der Waals surface area contributed by atoms with E-state index < -0.39 is 0 Å². The summed E-state index contributed by atoms with van der Waals surface area (Å²) in [5.41, 5.74) is 2.24. The van der Waals surface area contributed by atoms with Crippen molar-refractivity contribution >= 4 is 27.5 Å². The van der Waals surface area contributed by atoms with Crippen molar-refractivity contribution in [1.29, 1.82) is 0 Å². The van der Waals surface area contributed by atoms with Gasteiger partial charge in [-0.05, 0) is 39.2 Å². The van der Waals surface area contributed by atoms with Crippen molar-refractivity contribution in [3.05, 3.63) is 16.4 Å². The van der Waals surface area contributed by atoms with E-state index in [1.54, 1.807) is 0 Å². The number of aromatic nitrogens is 2. The largest absolute Gasteiger partial charge is 0.294 e. The van der Waals surface area contributed by atoms with E-state index >= 15 is 0 Å². The van der Waals surface area contributed by atoms with Crippen molar-refractivity contribution in [2.45, 2.75) is 65.1 Å². The monoisotopic (exact) mass is 361 g/mol. The summed E-state index contributed by atoms with van der Waals surface area (Å²) < 4.78 is 2.08. The molecule has 114 valence electrons. The Morgan fingerprint density at radius 3 is 2.65 bits per heavy atom. The van der Waals surface area contributed by atoms with Gasteiger partial charge >= 0.3 is 0 Å². The molecule has 0 amide bonds. The molecule has 1 aromatic heterocycles. The fraction of sp³-hybridized carbons (Fsp3) is 0.800. The van der Waals surface area contributed by atoms with Crippen molar-refractivity contribution in [1.82, 2.24) is 14.7 Å². The molecule has 0 atom stereocenters. The standard InChI is InChI=1S/C15H25BrClN3/c1-3-13-15(17)14(20(4-2)18-13)11-19(10-6-9-16)12-7-5-8-12/h12H,3-11H2,1-2H3. The van der Waals surface area contributed by atoms with Crippen LogP contribution in [0.25, 0.3) is 0 Å². The van der Waals surface area contributed by atoms with Gasteiger partial charge in [-0.1, -0.05) is 40.9 Å². The molecule has 0 saturated heterocycles. The van der Waals surface area contributed by atoms with E-state index in [1.807, 2.05) is 0 Å². The topological polar surface area (TPSA) is 21.1 Å². The van der Waals surface area contributed by atoms with Gasteiger partial charge in [-0.2, -0.15) is 5.10 Å². The van der Waals surface area contributed by atoms with Crippen LogP contribution in [0, 0.1) is 0 Å². The minimum absolute atomic E-state index is 0.746. The second-order valence-electron chi connectivity index (χ2n) is 5.47. The summed E-state index contributed by atoms with van der Waals surface area (Å²) in [5.74, 6) is 0. The lowest BCUT2D eigenvalue weighted by molar-refractivity contribution is 0.117. The Morgan fingerprint density at radius 2 is 2.15 bits per heavy atom. The quantitative estimate of drug-likeness (QED) is 0.644. The van der Waals surface area contributed by atoms with Gasteiger partial charge in [-0.15, -0.1) is 0 Å². The predicted octanol–water partition coefficient (Wildman–Crippen LogP) is 4.26. The fourth-order valence-electron chi connectivity index (χ4n) is 2.77. The van der Waals surface area contributed by atoms with Crippen LogP contribution in [0.1, 0.15) is 50.9 Å². The molecule has 1 aliphatic carbocycles. The van der Waals surface area contributed by atoms with Crippen LogP contribution in [0.15, 0.2) is 0 Å². The number of rotatable bonds is 8. The highest BCUT2D eigenvalue weighted by Gasteiger charge is 2.26. The Labute approximate surface area is 135 Å². The molecule has 1 fully saturated rings. The third kappa shape index (κ3) is 3.58. The highest BCUT2D eigenvalue weighted by molar-refractivity contribution is 9.09. The van der Waals surface area contributed by atoms with E-state index in [1.165, 1.54) is 31.4 Å². The molecular formula is C15H25BrClN3. The van der Waals surface area contributed by atoms with Gasteiger partial charge in [0.05, 0.1) is 16.4 Å². The Bertz CT molecular complexity index is 429. The van der Waals surface area contributed by atoms with Gasteiger partial charge in [0.25, 0.3) is 0 Å². The summed E-state index contributed by atoms with van der Waals surface area (Å²) in [4.78, 5) is 2.60. The van der Waals surface area contributed by atoms with E-state index in [0.29, 0.717) is 0 Å². The summed E-state index contributed by atoms with van der Waals surface area (Å²) in [6.45, 7) is 7.23. The van der Waals surface area contributed by atoms with Gasteiger partial charge in [-0.25, -0.2) is 0 Å². The second kappa shape index (κ2) is 7.81. The average Bonchev–Trinajstić information content (AvgIpc) is 2.70.